The molecule has 1 amide bonds. The fourth-order valence-corrected chi connectivity index (χ4v) is 2.89. The van der Waals surface area contributed by atoms with Crippen molar-refractivity contribution in [2.45, 2.75) is 45.2 Å². The topological polar surface area (TPSA) is 67.6 Å². The monoisotopic (exact) mass is 269 g/mol. The minimum atomic E-state index is -0.573. The summed E-state index contributed by atoms with van der Waals surface area (Å²) in [6, 6.07) is -0.0371. The smallest absolute Gasteiger partial charge is 0.230 e. The van der Waals surface area contributed by atoms with Gasteiger partial charge in [-0.2, -0.15) is 0 Å². The van der Waals surface area contributed by atoms with E-state index in [1.54, 1.807) is 0 Å². The Labute approximate surface area is 115 Å². The molecule has 2 rings (SSSR count). The minimum Gasteiger partial charge on any atom is -0.379 e. The Morgan fingerprint density at radius 1 is 1.47 bits per heavy atom. The van der Waals surface area contributed by atoms with Gasteiger partial charge in [-0.25, -0.2) is 0 Å². The third-order valence-electron chi connectivity index (χ3n) is 4.39. The Balaban J connectivity index is 1.81. The summed E-state index contributed by atoms with van der Waals surface area (Å²) in [4.78, 5) is 14.8. The number of piperidine rings is 1. The lowest BCUT2D eigenvalue weighted by molar-refractivity contribution is -0.131. The zero-order valence-corrected chi connectivity index (χ0v) is 12.2. The summed E-state index contributed by atoms with van der Waals surface area (Å²) >= 11 is 0. The van der Waals surface area contributed by atoms with Crippen LogP contribution in [0.5, 0.6) is 0 Å². The molecule has 0 aromatic carbocycles. The van der Waals surface area contributed by atoms with Crippen LogP contribution in [0.15, 0.2) is 0 Å². The highest BCUT2D eigenvalue weighted by molar-refractivity contribution is 5.83. The molecule has 0 saturated carbocycles. The maximum absolute atomic E-state index is 12.3. The van der Waals surface area contributed by atoms with E-state index >= 15 is 0 Å². The molecule has 2 saturated heterocycles. The van der Waals surface area contributed by atoms with Gasteiger partial charge >= 0.3 is 0 Å². The number of ether oxygens (including phenoxy) is 1. The summed E-state index contributed by atoms with van der Waals surface area (Å²) in [6.45, 7) is 8.10. The number of nitrogens with one attached hydrogen (secondary N) is 1. The quantitative estimate of drug-likeness (QED) is 0.772. The van der Waals surface area contributed by atoms with E-state index in [9.17, 15) is 4.79 Å². The normalized spacial score (nSPS) is 34.2. The summed E-state index contributed by atoms with van der Waals surface area (Å²) in [6.07, 6.45) is 3.88. The molecule has 0 spiro atoms. The lowest BCUT2D eigenvalue weighted by atomic mass is 9.84. The van der Waals surface area contributed by atoms with Crippen LogP contribution < -0.4 is 11.1 Å². The van der Waals surface area contributed by atoms with E-state index in [1.807, 2.05) is 6.92 Å². The molecule has 110 valence electrons. The number of amides is 1. The largest absolute Gasteiger partial charge is 0.379 e. The lowest BCUT2D eigenvalue weighted by Gasteiger charge is -2.32. The predicted octanol–water partition coefficient (Wildman–Crippen LogP) is 0.341. The molecule has 5 nitrogen and oxygen atoms in total. The van der Waals surface area contributed by atoms with Crippen molar-refractivity contribution in [3.63, 3.8) is 0 Å². The van der Waals surface area contributed by atoms with E-state index in [1.165, 1.54) is 19.3 Å². The highest BCUT2D eigenvalue weighted by Gasteiger charge is 2.44. The first-order valence-corrected chi connectivity index (χ1v) is 7.39. The summed E-state index contributed by atoms with van der Waals surface area (Å²) in [5.74, 6) is 0.0296. The molecule has 0 aromatic rings. The van der Waals surface area contributed by atoms with E-state index in [2.05, 4.69) is 17.1 Å². The van der Waals surface area contributed by atoms with Crippen LogP contribution in [0.1, 0.15) is 33.1 Å². The van der Waals surface area contributed by atoms with Crippen molar-refractivity contribution in [1.29, 1.82) is 0 Å². The van der Waals surface area contributed by atoms with Crippen molar-refractivity contribution in [3.8, 4) is 0 Å². The van der Waals surface area contributed by atoms with Crippen molar-refractivity contribution in [3.05, 3.63) is 0 Å². The molecule has 2 aliphatic rings. The predicted molar refractivity (Wildman–Crippen MR) is 74.8 cm³/mol. The fraction of sp³-hybridized carbons (Fsp3) is 0.929. The summed E-state index contributed by atoms with van der Waals surface area (Å²) in [5.41, 5.74) is 5.40. The Morgan fingerprint density at radius 2 is 2.16 bits per heavy atom. The Bertz CT molecular complexity index is 318. The SMILES string of the molecule is CC(CN1CCCCC1)NC(=O)C1(C)COCC1N. The van der Waals surface area contributed by atoms with E-state index in [0.29, 0.717) is 13.2 Å². The standard InChI is InChI=1S/C14H27N3O2/c1-11(8-17-6-4-3-5-7-17)16-13(18)14(2)10-19-9-12(14)15/h11-12H,3-10,15H2,1-2H3,(H,16,18). The van der Waals surface area contributed by atoms with Crippen molar-refractivity contribution in [2.75, 3.05) is 32.8 Å². The van der Waals surface area contributed by atoms with Crippen LogP contribution in [-0.4, -0.2) is 55.7 Å². The van der Waals surface area contributed by atoms with E-state index < -0.39 is 5.41 Å². The van der Waals surface area contributed by atoms with E-state index in [-0.39, 0.29) is 18.0 Å². The van der Waals surface area contributed by atoms with Gasteiger partial charge in [-0.1, -0.05) is 6.42 Å². The van der Waals surface area contributed by atoms with Gasteiger partial charge in [0.2, 0.25) is 5.91 Å². The van der Waals surface area contributed by atoms with Gasteiger partial charge in [0, 0.05) is 18.6 Å². The zero-order valence-electron chi connectivity index (χ0n) is 12.2. The minimum absolute atomic E-state index is 0.0296. The first-order chi connectivity index (χ1) is 9.02. The van der Waals surface area contributed by atoms with Gasteiger partial charge in [-0.15, -0.1) is 0 Å². The molecule has 19 heavy (non-hydrogen) atoms. The Hall–Kier alpha value is -0.650. The van der Waals surface area contributed by atoms with Crippen molar-refractivity contribution >= 4 is 5.91 Å². The number of carbonyl (C=O) groups excluding carboxylic acids is 1. The van der Waals surface area contributed by atoms with Gasteiger partial charge in [0.25, 0.3) is 0 Å². The second-order valence-corrected chi connectivity index (χ2v) is 6.27. The van der Waals surface area contributed by atoms with Gasteiger partial charge in [0.1, 0.15) is 0 Å². The highest BCUT2D eigenvalue weighted by atomic mass is 16.5. The van der Waals surface area contributed by atoms with Gasteiger partial charge in [-0.3, -0.25) is 4.79 Å². The van der Waals surface area contributed by atoms with Crippen LogP contribution in [0.3, 0.4) is 0 Å². The molecule has 5 heteroatoms. The third kappa shape index (κ3) is 3.46. The molecule has 3 N–H and O–H groups in total. The molecule has 0 aromatic heterocycles. The summed E-state index contributed by atoms with van der Waals surface area (Å²) in [5, 5.41) is 3.10. The second kappa shape index (κ2) is 6.20. The van der Waals surface area contributed by atoms with E-state index in [4.69, 9.17) is 10.5 Å². The van der Waals surface area contributed by atoms with E-state index in [0.717, 1.165) is 19.6 Å². The number of nitrogens with zero attached hydrogens (tertiary/aromatic N) is 1. The Kier molecular flexibility index (Phi) is 4.81. The van der Waals surface area contributed by atoms with Gasteiger partial charge in [-0.05, 0) is 39.8 Å². The van der Waals surface area contributed by atoms with Gasteiger partial charge < -0.3 is 20.7 Å². The first kappa shape index (κ1) is 14.8. The second-order valence-electron chi connectivity index (χ2n) is 6.27. The molecular weight excluding hydrogens is 242 g/mol. The number of likely N-dealkylation sites (tertiary alicyclic amines) is 1. The van der Waals surface area contributed by atoms with Crippen molar-refractivity contribution in [1.82, 2.24) is 10.2 Å². The average molecular weight is 269 g/mol. The first-order valence-electron chi connectivity index (χ1n) is 7.39. The molecule has 3 atom stereocenters. The highest BCUT2D eigenvalue weighted by Crippen LogP contribution is 2.27. The number of rotatable bonds is 4. The molecule has 0 radical (unpaired) electrons. The van der Waals surface area contributed by atoms with Crippen LogP contribution in [0, 0.1) is 5.41 Å². The van der Waals surface area contributed by atoms with Crippen molar-refractivity contribution in [2.24, 2.45) is 11.1 Å². The fourth-order valence-electron chi connectivity index (χ4n) is 2.89. The van der Waals surface area contributed by atoms with Crippen molar-refractivity contribution < 1.29 is 9.53 Å². The zero-order chi connectivity index (χ0) is 13.9. The summed E-state index contributed by atoms with van der Waals surface area (Å²) in [7, 11) is 0. The lowest BCUT2D eigenvalue weighted by Crippen LogP contribution is -2.53. The van der Waals surface area contributed by atoms with Gasteiger partial charge in [0.15, 0.2) is 0 Å². The number of hydrogen-bond acceptors (Lipinski definition) is 4. The molecule has 2 fully saturated rings. The van der Waals surface area contributed by atoms with Crippen LogP contribution >= 0.6 is 0 Å². The average Bonchev–Trinajstić information content (AvgIpc) is 2.72. The third-order valence-corrected chi connectivity index (χ3v) is 4.39. The van der Waals surface area contributed by atoms with Crippen LogP contribution in [-0.2, 0) is 9.53 Å². The van der Waals surface area contributed by atoms with Crippen LogP contribution in [0.2, 0.25) is 0 Å². The van der Waals surface area contributed by atoms with Gasteiger partial charge in [0.05, 0.1) is 18.6 Å². The molecule has 2 heterocycles. The molecule has 2 aliphatic heterocycles. The molecular formula is C14H27N3O2. The van der Waals surface area contributed by atoms with Crippen LogP contribution in [0.25, 0.3) is 0 Å². The number of hydrogen-bond donors (Lipinski definition) is 2. The molecule has 3 unspecified atom stereocenters. The Morgan fingerprint density at radius 3 is 2.74 bits per heavy atom. The number of nitrogens with two attached hydrogens (primary N) is 1. The maximum Gasteiger partial charge on any atom is 0.230 e. The summed E-state index contributed by atoms with van der Waals surface area (Å²) < 4.78 is 5.33. The number of carbonyl (C=O) groups is 1. The molecule has 0 bridgehead atoms. The maximum atomic E-state index is 12.3. The molecule has 0 aliphatic carbocycles. The van der Waals surface area contributed by atoms with Crippen LogP contribution in [0.4, 0.5) is 0 Å².